The summed E-state index contributed by atoms with van der Waals surface area (Å²) in [5.41, 5.74) is 1.13. The Bertz CT molecular complexity index is 1200. The van der Waals surface area contributed by atoms with Gasteiger partial charge in [0.05, 0.1) is 18.8 Å². The summed E-state index contributed by atoms with van der Waals surface area (Å²) in [5, 5.41) is 2.96. The van der Waals surface area contributed by atoms with Crippen LogP contribution in [0, 0.1) is 5.82 Å². The van der Waals surface area contributed by atoms with Gasteiger partial charge in [0.1, 0.15) is 23.0 Å². The van der Waals surface area contributed by atoms with E-state index in [4.69, 9.17) is 4.74 Å². The molecule has 2 aliphatic rings. The van der Waals surface area contributed by atoms with Crippen molar-refractivity contribution in [2.45, 2.75) is 12.4 Å². The molecule has 0 aromatic heterocycles. The van der Waals surface area contributed by atoms with Crippen LogP contribution in [0.15, 0.2) is 58.7 Å². The molecule has 2 aliphatic heterocycles. The number of carbonyl (C=O) groups is 1. The van der Waals surface area contributed by atoms with E-state index in [9.17, 15) is 35.5 Å². The molecule has 0 aliphatic carbocycles. The summed E-state index contributed by atoms with van der Waals surface area (Å²) in [5.74, 6) is -1.70. The van der Waals surface area contributed by atoms with E-state index >= 15 is 0 Å². The van der Waals surface area contributed by atoms with Gasteiger partial charge in [0, 0.05) is 29.4 Å². The SMILES string of the molecule is O=C1C2=C(CN1c1ccc(OCC(F)(F)F)cc1)C(c1ccc(F)cc1OCC(F)(F)F)=NCCN2. The highest BCUT2D eigenvalue weighted by molar-refractivity contribution is 6.23. The number of aliphatic imine (C=N–C) groups is 1. The molecule has 0 saturated carbocycles. The zero-order chi connectivity index (χ0) is 26.1. The molecule has 0 fully saturated rings. The highest BCUT2D eigenvalue weighted by Gasteiger charge is 2.36. The Morgan fingerprint density at radius 2 is 1.61 bits per heavy atom. The number of rotatable bonds is 6. The molecule has 2 aromatic rings. The first-order chi connectivity index (χ1) is 16.9. The van der Waals surface area contributed by atoms with Gasteiger partial charge in [0.25, 0.3) is 5.91 Å². The number of anilines is 1. The Morgan fingerprint density at radius 1 is 0.944 bits per heavy atom. The minimum absolute atomic E-state index is 0.0428. The highest BCUT2D eigenvalue weighted by atomic mass is 19.4. The smallest absolute Gasteiger partial charge is 0.422 e. The minimum atomic E-state index is -4.66. The Kier molecular flexibility index (Phi) is 6.83. The van der Waals surface area contributed by atoms with Crippen LogP contribution in [0.2, 0.25) is 0 Å². The van der Waals surface area contributed by atoms with Gasteiger partial charge in [-0.15, -0.1) is 0 Å². The zero-order valence-electron chi connectivity index (χ0n) is 18.3. The second kappa shape index (κ2) is 9.70. The number of halogens is 7. The van der Waals surface area contributed by atoms with Crippen LogP contribution in [-0.2, 0) is 4.79 Å². The predicted molar refractivity (Wildman–Crippen MR) is 115 cm³/mol. The average molecular weight is 517 g/mol. The molecule has 4 rings (SSSR count). The molecule has 1 amide bonds. The van der Waals surface area contributed by atoms with Crippen molar-refractivity contribution in [3.05, 3.63) is 65.1 Å². The maximum absolute atomic E-state index is 13.8. The molecule has 0 radical (unpaired) electrons. The molecule has 0 unspecified atom stereocenters. The van der Waals surface area contributed by atoms with Crippen molar-refractivity contribution < 1.29 is 45.0 Å². The lowest BCUT2D eigenvalue weighted by Crippen LogP contribution is -2.31. The summed E-state index contributed by atoms with van der Waals surface area (Å²) in [6.45, 7) is -2.71. The van der Waals surface area contributed by atoms with Crippen LogP contribution in [0.5, 0.6) is 11.5 Å². The number of hydrogen-bond donors (Lipinski definition) is 1. The molecular formula is C23H18F7N3O3. The third-order valence-electron chi connectivity index (χ3n) is 5.19. The van der Waals surface area contributed by atoms with Crippen LogP contribution in [0.4, 0.5) is 36.4 Å². The van der Waals surface area contributed by atoms with E-state index in [1.807, 2.05) is 0 Å². The summed E-state index contributed by atoms with van der Waals surface area (Å²) in [6.07, 6.45) is -9.16. The average Bonchev–Trinajstić information content (AvgIpc) is 2.98. The number of nitrogens with zero attached hydrogens (tertiary/aromatic N) is 2. The summed E-state index contributed by atoms with van der Waals surface area (Å²) in [4.78, 5) is 18.9. The molecule has 13 heteroatoms. The quantitative estimate of drug-likeness (QED) is 0.578. The first kappa shape index (κ1) is 25.3. The van der Waals surface area contributed by atoms with E-state index in [0.29, 0.717) is 11.3 Å². The van der Waals surface area contributed by atoms with Crippen molar-refractivity contribution in [2.24, 2.45) is 4.99 Å². The number of benzene rings is 2. The highest BCUT2D eigenvalue weighted by Crippen LogP contribution is 2.33. The normalized spacial score (nSPS) is 16.4. The maximum atomic E-state index is 13.8. The monoisotopic (exact) mass is 517 g/mol. The summed E-state index contributed by atoms with van der Waals surface area (Å²) in [6, 6.07) is 8.47. The largest absolute Gasteiger partial charge is 0.484 e. The van der Waals surface area contributed by atoms with E-state index in [0.717, 1.165) is 12.1 Å². The Balaban J connectivity index is 1.60. The van der Waals surface area contributed by atoms with Gasteiger partial charge in [-0.1, -0.05) is 0 Å². The Hall–Kier alpha value is -3.77. The molecule has 0 saturated heterocycles. The molecule has 2 aromatic carbocycles. The first-order valence-electron chi connectivity index (χ1n) is 10.5. The van der Waals surface area contributed by atoms with Crippen molar-refractivity contribution in [2.75, 3.05) is 37.7 Å². The molecule has 36 heavy (non-hydrogen) atoms. The molecule has 0 atom stereocenters. The number of amides is 1. The predicted octanol–water partition coefficient (Wildman–Crippen LogP) is 4.40. The van der Waals surface area contributed by atoms with Crippen molar-refractivity contribution in [1.29, 1.82) is 0 Å². The fourth-order valence-electron chi connectivity index (χ4n) is 3.71. The first-order valence-corrected chi connectivity index (χ1v) is 10.5. The number of ether oxygens (including phenoxy) is 2. The van der Waals surface area contributed by atoms with Crippen molar-refractivity contribution in [3.63, 3.8) is 0 Å². The van der Waals surface area contributed by atoms with Crippen LogP contribution in [0.1, 0.15) is 5.56 Å². The maximum Gasteiger partial charge on any atom is 0.422 e. The van der Waals surface area contributed by atoms with E-state index in [1.54, 1.807) is 0 Å². The topological polar surface area (TPSA) is 63.2 Å². The van der Waals surface area contributed by atoms with Crippen LogP contribution in [0.3, 0.4) is 0 Å². The van der Waals surface area contributed by atoms with Crippen LogP contribution >= 0.6 is 0 Å². The molecule has 192 valence electrons. The molecule has 6 nitrogen and oxygen atoms in total. The zero-order valence-corrected chi connectivity index (χ0v) is 18.3. The molecule has 2 heterocycles. The Morgan fingerprint density at radius 3 is 2.28 bits per heavy atom. The van der Waals surface area contributed by atoms with E-state index in [-0.39, 0.29) is 48.1 Å². The summed E-state index contributed by atoms with van der Waals surface area (Å²) < 4.78 is 98.7. The van der Waals surface area contributed by atoms with Gasteiger partial charge in [-0.2, -0.15) is 26.3 Å². The number of alkyl halides is 6. The van der Waals surface area contributed by atoms with Gasteiger partial charge >= 0.3 is 12.4 Å². The van der Waals surface area contributed by atoms with Gasteiger partial charge in [-0.3, -0.25) is 9.79 Å². The molecule has 0 spiro atoms. The lowest BCUT2D eigenvalue weighted by atomic mass is 10.0. The third-order valence-corrected chi connectivity index (χ3v) is 5.19. The minimum Gasteiger partial charge on any atom is -0.484 e. The molecule has 0 bridgehead atoms. The summed E-state index contributed by atoms with van der Waals surface area (Å²) >= 11 is 0. The fraction of sp³-hybridized carbons (Fsp3) is 0.304. The van der Waals surface area contributed by atoms with Crippen LogP contribution in [-0.4, -0.2) is 56.8 Å². The lowest BCUT2D eigenvalue weighted by Gasteiger charge is -2.19. The third kappa shape index (κ3) is 5.89. The van der Waals surface area contributed by atoms with Crippen molar-refractivity contribution in [1.82, 2.24) is 5.32 Å². The van der Waals surface area contributed by atoms with Crippen molar-refractivity contribution in [3.8, 4) is 11.5 Å². The standard InChI is InChI=1S/C23H18F7N3O3/c24-13-1-6-16(18(9-13)36-12-23(28,29)30)19-17-10-33(21(34)20(17)32-8-7-31-19)14-2-4-15(5-3-14)35-11-22(25,26)27/h1-6,9,32H,7-8,10-12H2. The number of carbonyl (C=O) groups excluding carboxylic acids is 1. The molecular weight excluding hydrogens is 499 g/mol. The number of hydrogen-bond acceptors (Lipinski definition) is 5. The van der Waals surface area contributed by atoms with Gasteiger partial charge in [0.15, 0.2) is 13.2 Å². The van der Waals surface area contributed by atoms with Gasteiger partial charge in [0.2, 0.25) is 0 Å². The number of nitrogens with one attached hydrogen (secondary N) is 1. The van der Waals surface area contributed by atoms with Crippen LogP contribution < -0.4 is 19.7 Å². The van der Waals surface area contributed by atoms with E-state index in [1.165, 1.54) is 35.2 Å². The van der Waals surface area contributed by atoms with E-state index in [2.05, 4.69) is 15.0 Å². The van der Waals surface area contributed by atoms with Gasteiger partial charge in [-0.25, -0.2) is 4.39 Å². The van der Waals surface area contributed by atoms with E-state index < -0.39 is 37.3 Å². The molecule has 1 N–H and O–H groups in total. The van der Waals surface area contributed by atoms with Crippen LogP contribution in [0.25, 0.3) is 0 Å². The van der Waals surface area contributed by atoms with Gasteiger partial charge in [-0.05, 0) is 36.4 Å². The van der Waals surface area contributed by atoms with Gasteiger partial charge < -0.3 is 19.7 Å². The summed E-state index contributed by atoms with van der Waals surface area (Å²) in [7, 11) is 0. The second-order valence-corrected chi connectivity index (χ2v) is 7.84. The lowest BCUT2D eigenvalue weighted by molar-refractivity contribution is -0.154. The fourth-order valence-corrected chi connectivity index (χ4v) is 3.71. The Labute approximate surface area is 200 Å². The van der Waals surface area contributed by atoms with Crippen molar-refractivity contribution >= 4 is 17.3 Å². The second-order valence-electron chi connectivity index (χ2n) is 7.84.